The number of aliphatic hydroxyl groups excluding tert-OH is 1. The van der Waals surface area contributed by atoms with Crippen molar-refractivity contribution in [2.75, 3.05) is 26.7 Å². The van der Waals surface area contributed by atoms with E-state index in [0.717, 1.165) is 0 Å². The minimum absolute atomic E-state index is 0.145. The van der Waals surface area contributed by atoms with Gasteiger partial charge in [-0.05, 0) is 50.7 Å². The van der Waals surface area contributed by atoms with Crippen molar-refractivity contribution in [2.24, 2.45) is 16.6 Å². The predicted molar refractivity (Wildman–Crippen MR) is 134 cm³/mol. The van der Waals surface area contributed by atoms with Gasteiger partial charge in [0, 0.05) is 25.5 Å². The molecule has 0 aliphatic carbocycles. The zero-order chi connectivity index (χ0) is 27.7. The van der Waals surface area contributed by atoms with E-state index in [-0.39, 0.29) is 6.42 Å². The second-order valence-corrected chi connectivity index (χ2v) is 10.1. The van der Waals surface area contributed by atoms with Gasteiger partial charge in [-0.25, -0.2) is 0 Å². The lowest BCUT2D eigenvalue weighted by Gasteiger charge is -2.64. The van der Waals surface area contributed by atoms with Gasteiger partial charge in [-0.15, -0.1) is 0 Å². The van der Waals surface area contributed by atoms with Crippen molar-refractivity contribution in [3.05, 3.63) is 60.2 Å². The zero-order valence-corrected chi connectivity index (χ0v) is 21.1. The summed E-state index contributed by atoms with van der Waals surface area (Å²) in [5.74, 6) is -4.07. The van der Waals surface area contributed by atoms with Crippen molar-refractivity contribution in [3.63, 3.8) is 0 Å². The van der Waals surface area contributed by atoms with Gasteiger partial charge in [-0.2, -0.15) is 0 Å². The molecule has 0 radical (unpaired) electrons. The molecule has 0 saturated carbocycles. The summed E-state index contributed by atoms with van der Waals surface area (Å²) < 4.78 is 0. The number of hydrogen-bond acceptors (Lipinski definition) is 9. The van der Waals surface area contributed by atoms with Crippen molar-refractivity contribution >= 4 is 17.9 Å². The first-order valence-electron chi connectivity index (χ1n) is 12.5. The highest BCUT2D eigenvalue weighted by atomic mass is 16.4. The summed E-state index contributed by atoms with van der Waals surface area (Å²) in [6, 6.07) is 6.56. The maximum atomic E-state index is 13.2. The predicted octanol–water partition coefficient (Wildman–Crippen LogP) is 0.605. The Hall–Kier alpha value is -3.45. The van der Waals surface area contributed by atoms with Crippen molar-refractivity contribution in [3.8, 4) is 0 Å². The number of aliphatic hydroxyl groups is 1. The number of aliphatic carboxylic acids is 3. The van der Waals surface area contributed by atoms with E-state index in [1.54, 1.807) is 48.3 Å². The Labute approximate surface area is 219 Å². The number of carboxylic acid groups (broad SMARTS) is 3. The van der Waals surface area contributed by atoms with Crippen molar-refractivity contribution < 1.29 is 34.8 Å². The molecule has 12 nitrogen and oxygen atoms in total. The number of piperidine rings is 2. The molecule has 0 amide bonds. The van der Waals surface area contributed by atoms with Gasteiger partial charge in [0.15, 0.2) is 0 Å². The average molecular weight is 528 g/mol. The van der Waals surface area contributed by atoms with Gasteiger partial charge in [-0.1, -0.05) is 18.6 Å². The zero-order valence-electron chi connectivity index (χ0n) is 21.1. The Bertz CT molecular complexity index is 1090. The van der Waals surface area contributed by atoms with Crippen LogP contribution < -0.4 is 5.73 Å². The van der Waals surface area contributed by atoms with Crippen LogP contribution in [-0.2, 0) is 14.4 Å². The maximum Gasteiger partial charge on any atom is 0.320 e. The lowest BCUT2D eigenvalue weighted by molar-refractivity contribution is -0.250. The molecule has 2 aliphatic rings. The summed E-state index contributed by atoms with van der Waals surface area (Å²) in [4.78, 5) is 50.7. The van der Waals surface area contributed by atoms with Gasteiger partial charge in [0.25, 0.3) is 0 Å². The number of pyridine rings is 2. The van der Waals surface area contributed by atoms with E-state index in [1.165, 1.54) is 17.3 Å². The first-order valence-corrected chi connectivity index (χ1v) is 12.5. The number of aromatic nitrogens is 2. The van der Waals surface area contributed by atoms with Crippen molar-refractivity contribution in [2.45, 2.75) is 43.5 Å². The summed E-state index contributed by atoms with van der Waals surface area (Å²) in [5.41, 5.74) is 1.98. The molecule has 38 heavy (non-hydrogen) atoms. The van der Waals surface area contributed by atoms with Crippen LogP contribution in [0.5, 0.6) is 0 Å². The minimum atomic E-state index is -2.12. The smallest absolute Gasteiger partial charge is 0.320 e. The summed E-state index contributed by atoms with van der Waals surface area (Å²) >= 11 is 0. The second-order valence-electron chi connectivity index (χ2n) is 10.1. The number of unbranched alkanes of at least 4 members (excludes halogenated alkanes) is 1. The van der Waals surface area contributed by atoms with E-state index in [1.807, 2.05) is 0 Å². The Kier molecular flexibility index (Phi) is 7.79. The number of nitrogens with zero attached hydrogens (tertiary/aromatic N) is 4. The molecule has 2 saturated heterocycles. The van der Waals surface area contributed by atoms with E-state index in [4.69, 9.17) is 5.73 Å². The van der Waals surface area contributed by atoms with E-state index in [9.17, 15) is 34.8 Å². The Balaban J connectivity index is 2.00. The summed E-state index contributed by atoms with van der Waals surface area (Å²) in [6.45, 7) is -0.422. The molecule has 2 aliphatic heterocycles. The fourth-order valence-electron chi connectivity index (χ4n) is 6.50. The number of fused-ring (bicyclic) bond motifs is 2. The molecule has 0 aromatic carbocycles. The van der Waals surface area contributed by atoms with Gasteiger partial charge in [0.1, 0.15) is 16.9 Å². The van der Waals surface area contributed by atoms with Gasteiger partial charge in [0.2, 0.25) is 0 Å². The summed E-state index contributed by atoms with van der Waals surface area (Å²) in [6.07, 6.45) is 2.26. The highest BCUT2D eigenvalue weighted by molar-refractivity contribution is 5.85. The normalized spacial score (nSPS) is 30.4. The monoisotopic (exact) mass is 527 g/mol. The number of rotatable bonds is 10. The van der Waals surface area contributed by atoms with Gasteiger partial charge < -0.3 is 26.2 Å². The van der Waals surface area contributed by atoms with Crippen LogP contribution in [0.1, 0.15) is 42.7 Å². The van der Waals surface area contributed by atoms with E-state index < -0.39 is 66.1 Å². The summed E-state index contributed by atoms with van der Waals surface area (Å²) in [7, 11) is 1.60. The van der Waals surface area contributed by atoms with E-state index >= 15 is 0 Å². The van der Waals surface area contributed by atoms with Crippen LogP contribution in [0, 0.1) is 10.8 Å². The maximum absolute atomic E-state index is 13.2. The summed E-state index contributed by atoms with van der Waals surface area (Å²) in [5, 5.41) is 43.6. The third kappa shape index (κ3) is 4.23. The molecule has 4 rings (SSSR count). The Morgan fingerprint density at radius 3 is 1.82 bits per heavy atom. The topological polar surface area (TPSA) is 190 Å². The molecular weight excluding hydrogens is 494 g/mol. The third-order valence-corrected chi connectivity index (χ3v) is 8.09. The van der Waals surface area contributed by atoms with Gasteiger partial charge in [-0.3, -0.25) is 34.2 Å². The van der Waals surface area contributed by atoms with Crippen LogP contribution in [0.3, 0.4) is 0 Å². The quantitative estimate of drug-likeness (QED) is 0.271. The van der Waals surface area contributed by atoms with Crippen LogP contribution in [-0.4, -0.2) is 96.9 Å². The number of carboxylic acids is 3. The molecule has 5 atom stereocenters. The fourth-order valence-corrected chi connectivity index (χ4v) is 6.50. The molecule has 2 aromatic rings. The molecule has 12 heteroatoms. The second kappa shape index (κ2) is 10.7. The molecule has 2 fully saturated rings. The highest BCUT2D eigenvalue weighted by Crippen LogP contribution is 2.62. The van der Waals surface area contributed by atoms with Crippen LogP contribution in [0.15, 0.2) is 48.8 Å². The first-order chi connectivity index (χ1) is 18.1. The molecule has 4 heterocycles. The van der Waals surface area contributed by atoms with Gasteiger partial charge >= 0.3 is 17.9 Å². The molecule has 2 bridgehead atoms. The lowest BCUT2D eigenvalue weighted by atomic mass is 9.53. The molecule has 0 spiro atoms. The van der Waals surface area contributed by atoms with Crippen LogP contribution in [0.4, 0.5) is 0 Å². The standard InChI is InChI=1S/C26H33N5O7/c1-30-19(16-8-3-6-12-28-16)25(23(35)36)14-31(18(21(32)33)10-2-5-11-27)15-26(22(25)34,24(37)38)20(30)17-9-4-7-13-29-17/h3-4,6-9,12-13,18-20,22,34H,2,5,10-11,14-15,27H2,1H3,(H,32,33)(H,35,36)(H,37,38)/t18-,19?,20?,22?,25?,26?/m0/s1. The SMILES string of the molecule is CN1C(c2ccccn2)C2(C(=O)O)CN([C@@H](CCCCN)C(=O)O)CC(C(=O)O)(C1c1ccccn1)C2O. The number of carbonyl (C=O) groups is 3. The molecule has 6 N–H and O–H groups in total. The Morgan fingerprint density at radius 1 is 0.947 bits per heavy atom. The molecule has 204 valence electrons. The fraction of sp³-hybridized carbons (Fsp3) is 0.500. The molecule has 2 aromatic heterocycles. The van der Waals surface area contributed by atoms with Gasteiger partial charge in [0.05, 0.1) is 29.6 Å². The largest absolute Gasteiger partial charge is 0.481 e. The number of hydrogen-bond donors (Lipinski definition) is 5. The first kappa shape index (κ1) is 27.6. The number of likely N-dealkylation sites (tertiary alicyclic amines) is 2. The van der Waals surface area contributed by atoms with Crippen LogP contribution in [0.2, 0.25) is 0 Å². The highest BCUT2D eigenvalue weighted by Gasteiger charge is 2.75. The molecular formula is C26H33N5O7. The van der Waals surface area contributed by atoms with Crippen molar-refractivity contribution in [1.29, 1.82) is 0 Å². The third-order valence-electron chi connectivity index (χ3n) is 8.09. The average Bonchev–Trinajstić information content (AvgIpc) is 2.88. The number of nitrogens with two attached hydrogens (primary N) is 1. The lowest BCUT2D eigenvalue weighted by Crippen LogP contribution is -2.78. The van der Waals surface area contributed by atoms with Crippen LogP contribution >= 0.6 is 0 Å². The Morgan fingerprint density at radius 2 is 1.45 bits per heavy atom. The van der Waals surface area contributed by atoms with E-state index in [2.05, 4.69) is 9.97 Å². The van der Waals surface area contributed by atoms with E-state index in [0.29, 0.717) is 30.8 Å². The van der Waals surface area contributed by atoms with Crippen LogP contribution in [0.25, 0.3) is 0 Å². The molecule has 4 unspecified atom stereocenters. The van der Waals surface area contributed by atoms with Crippen molar-refractivity contribution in [1.82, 2.24) is 19.8 Å². The minimum Gasteiger partial charge on any atom is -0.481 e.